The molecule has 66 valence electrons. The molecule has 0 spiro atoms. The summed E-state index contributed by atoms with van der Waals surface area (Å²) < 4.78 is 0. The van der Waals surface area contributed by atoms with E-state index in [2.05, 4.69) is 4.98 Å². The lowest BCUT2D eigenvalue weighted by Gasteiger charge is -2.02. The van der Waals surface area contributed by atoms with Crippen molar-refractivity contribution in [3.8, 4) is 0 Å². The molecular formula is C10H8ClNO. The van der Waals surface area contributed by atoms with Gasteiger partial charge in [0.1, 0.15) is 0 Å². The average Bonchev–Trinajstić information content (AvgIpc) is 2.02. The maximum absolute atomic E-state index is 11.1. The molecule has 13 heavy (non-hydrogen) atoms. The van der Waals surface area contributed by atoms with Gasteiger partial charge in [-0.25, -0.2) is 0 Å². The number of hydrogen-bond acceptors (Lipinski definition) is 1. The zero-order chi connectivity index (χ0) is 9.42. The predicted octanol–water partition coefficient (Wildman–Crippen LogP) is 2.49. The molecule has 3 heteroatoms. The molecule has 0 fully saturated rings. The van der Waals surface area contributed by atoms with Crippen molar-refractivity contribution >= 4 is 22.5 Å². The van der Waals surface area contributed by atoms with Gasteiger partial charge in [0.25, 0.3) is 0 Å². The van der Waals surface area contributed by atoms with E-state index in [9.17, 15) is 4.79 Å². The Bertz CT molecular complexity index is 516. The summed E-state index contributed by atoms with van der Waals surface area (Å²) in [6, 6.07) is 7.10. The molecule has 0 atom stereocenters. The van der Waals surface area contributed by atoms with Crippen LogP contribution in [-0.2, 0) is 0 Å². The second kappa shape index (κ2) is 2.89. The summed E-state index contributed by atoms with van der Waals surface area (Å²) in [5.74, 6) is 0. The van der Waals surface area contributed by atoms with Gasteiger partial charge < -0.3 is 4.98 Å². The van der Waals surface area contributed by atoms with Crippen molar-refractivity contribution in [3.05, 3.63) is 45.2 Å². The van der Waals surface area contributed by atoms with Crippen LogP contribution in [0.1, 0.15) is 5.56 Å². The minimum Gasteiger partial charge on any atom is -0.322 e. The van der Waals surface area contributed by atoms with Gasteiger partial charge in [-0.1, -0.05) is 23.7 Å². The second-order valence-corrected chi connectivity index (χ2v) is 3.39. The number of fused-ring (bicyclic) bond motifs is 1. The lowest BCUT2D eigenvalue weighted by Crippen LogP contribution is -2.03. The number of halogens is 1. The molecule has 0 aliphatic carbocycles. The van der Waals surface area contributed by atoms with Crippen molar-refractivity contribution < 1.29 is 0 Å². The van der Waals surface area contributed by atoms with E-state index in [1.165, 1.54) is 6.07 Å². The molecule has 2 rings (SSSR count). The third-order valence-electron chi connectivity index (χ3n) is 2.03. The number of pyridine rings is 1. The summed E-state index contributed by atoms with van der Waals surface area (Å²) in [4.78, 5) is 13.8. The summed E-state index contributed by atoms with van der Waals surface area (Å²) in [7, 11) is 0. The number of aromatic amines is 1. The highest BCUT2D eigenvalue weighted by Crippen LogP contribution is 2.22. The molecule has 1 N–H and O–H groups in total. The van der Waals surface area contributed by atoms with Gasteiger partial charge in [0.05, 0.1) is 10.5 Å². The molecule has 1 aromatic heterocycles. The van der Waals surface area contributed by atoms with Crippen molar-refractivity contribution in [1.82, 2.24) is 4.98 Å². The summed E-state index contributed by atoms with van der Waals surface area (Å²) in [6.45, 7) is 1.96. The van der Waals surface area contributed by atoms with Crippen LogP contribution in [0.4, 0.5) is 0 Å². The molecule has 0 amide bonds. The van der Waals surface area contributed by atoms with Gasteiger partial charge in [0.15, 0.2) is 0 Å². The summed E-state index contributed by atoms with van der Waals surface area (Å²) in [6.07, 6.45) is 0. The average molecular weight is 194 g/mol. The Hall–Kier alpha value is -1.28. The van der Waals surface area contributed by atoms with Crippen LogP contribution in [-0.4, -0.2) is 4.98 Å². The third-order valence-corrected chi connectivity index (χ3v) is 2.33. The Morgan fingerprint density at radius 1 is 1.38 bits per heavy atom. The van der Waals surface area contributed by atoms with Crippen LogP contribution < -0.4 is 5.56 Å². The van der Waals surface area contributed by atoms with Gasteiger partial charge >= 0.3 is 0 Å². The van der Waals surface area contributed by atoms with Gasteiger partial charge in [0, 0.05) is 11.5 Å². The first kappa shape index (κ1) is 8.32. The number of aromatic nitrogens is 1. The first-order chi connectivity index (χ1) is 6.18. The second-order valence-electron chi connectivity index (χ2n) is 2.98. The molecule has 1 aromatic carbocycles. The molecule has 2 nitrogen and oxygen atoms in total. The maximum Gasteiger partial charge on any atom is 0.249 e. The molecular weight excluding hydrogens is 186 g/mol. The van der Waals surface area contributed by atoms with Gasteiger partial charge in [0.2, 0.25) is 5.56 Å². The minimum atomic E-state index is -0.164. The molecule has 0 aliphatic rings. The summed E-state index contributed by atoms with van der Waals surface area (Å²) >= 11 is 5.95. The number of nitrogens with one attached hydrogen (secondary N) is 1. The standard InChI is InChI=1S/C10H8ClNO/c1-6-3-2-4-8-10(6)7(11)5-9(13)12-8/h2-5H,1H3,(H,12,13). The lowest BCUT2D eigenvalue weighted by molar-refractivity contribution is 1.30. The van der Waals surface area contributed by atoms with Crippen LogP contribution in [0.25, 0.3) is 10.9 Å². The maximum atomic E-state index is 11.1. The molecule has 0 bridgehead atoms. The van der Waals surface area contributed by atoms with Crippen LogP contribution in [0.5, 0.6) is 0 Å². The Kier molecular flexibility index (Phi) is 1.85. The van der Waals surface area contributed by atoms with Crippen molar-refractivity contribution in [2.45, 2.75) is 6.92 Å². The predicted molar refractivity (Wildman–Crippen MR) is 54.3 cm³/mol. The van der Waals surface area contributed by atoms with Crippen LogP contribution >= 0.6 is 11.6 Å². The van der Waals surface area contributed by atoms with E-state index >= 15 is 0 Å². The summed E-state index contributed by atoms with van der Waals surface area (Å²) in [5.41, 5.74) is 1.69. The number of H-pyrrole nitrogens is 1. The Labute approximate surface area is 80.2 Å². The molecule has 2 aromatic rings. The third kappa shape index (κ3) is 1.33. The van der Waals surface area contributed by atoms with Crippen molar-refractivity contribution in [1.29, 1.82) is 0 Å². The zero-order valence-electron chi connectivity index (χ0n) is 7.10. The fraction of sp³-hybridized carbons (Fsp3) is 0.100. The van der Waals surface area contributed by atoms with Crippen molar-refractivity contribution in [2.75, 3.05) is 0 Å². The van der Waals surface area contributed by atoms with Crippen LogP contribution in [0.15, 0.2) is 29.1 Å². The highest BCUT2D eigenvalue weighted by Gasteiger charge is 2.02. The van der Waals surface area contributed by atoms with Crippen molar-refractivity contribution in [3.63, 3.8) is 0 Å². The first-order valence-electron chi connectivity index (χ1n) is 3.96. The van der Waals surface area contributed by atoms with E-state index in [4.69, 9.17) is 11.6 Å². The Morgan fingerprint density at radius 3 is 2.92 bits per heavy atom. The molecule has 0 radical (unpaired) electrons. The Morgan fingerprint density at radius 2 is 2.15 bits per heavy atom. The molecule has 0 saturated carbocycles. The Balaban J connectivity index is 3.03. The fourth-order valence-corrected chi connectivity index (χ4v) is 1.79. The monoisotopic (exact) mass is 193 g/mol. The normalized spacial score (nSPS) is 10.6. The smallest absolute Gasteiger partial charge is 0.249 e. The zero-order valence-corrected chi connectivity index (χ0v) is 7.85. The van der Waals surface area contributed by atoms with E-state index in [1.54, 1.807) is 0 Å². The first-order valence-corrected chi connectivity index (χ1v) is 4.34. The highest BCUT2D eigenvalue weighted by molar-refractivity contribution is 6.35. The van der Waals surface area contributed by atoms with E-state index in [0.717, 1.165) is 16.5 Å². The van der Waals surface area contributed by atoms with Crippen LogP contribution in [0.2, 0.25) is 5.02 Å². The molecule has 1 heterocycles. The lowest BCUT2D eigenvalue weighted by atomic mass is 10.1. The number of aryl methyl sites for hydroxylation is 1. The van der Waals surface area contributed by atoms with Gasteiger partial charge in [-0.05, 0) is 18.6 Å². The fourth-order valence-electron chi connectivity index (χ4n) is 1.45. The quantitative estimate of drug-likeness (QED) is 0.685. The van der Waals surface area contributed by atoms with E-state index in [-0.39, 0.29) is 5.56 Å². The van der Waals surface area contributed by atoms with E-state index in [1.807, 2.05) is 25.1 Å². The molecule has 0 unspecified atom stereocenters. The topological polar surface area (TPSA) is 32.9 Å². The van der Waals surface area contributed by atoms with E-state index < -0.39 is 0 Å². The molecule has 0 saturated heterocycles. The number of benzene rings is 1. The highest BCUT2D eigenvalue weighted by atomic mass is 35.5. The number of rotatable bonds is 0. The van der Waals surface area contributed by atoms with Gasteiger partial charge in [-0.3, -0.25) is 4.79 Å². The SMILES string of the molecule is Cc1cccc2[nH]c(=O)cc(Cl)c12. The summed E-state index contributed by atoms with van der Waals surface area (Å²) in [5, 5.41) is 1.43. The van der Waals surface area contributed by atoms with Gasteiger partial charge in [-0.2, -0.15) is 0 Å². The largest absolute Gasteiger partial charge is 0.322 e. The van der Waals surface area contributed by atoms with Crippen molar-refractivity contribution in [2.24, 2.45) is 0 Å². The van der Waals surface area contributed by atoms with Crippen LogP contribution in [0, 0.1) is 6.92 Å². The number of hydrogen-bond donors (Lipinski definition) is 1. The minimum absolute atomic E-state index is 0.164. The van der Waals surface area contributed by atoms with Gasteiger partial charge in [-0.15, -0.1) is 0 Å². The van der Waals surface area contributed by atoms with E-state index in [0.29, 0.717) is 5.02 Å². The molecule has 0 aliphatic heterocycles. The van der Waals surface area contributed by atoms with Crippen LogP contribution in [0.3, 0.4) is 0 Å².